The van der Waals surface area contributed by atoms with Crippen molar-refractivity contribution in [2.75, 3.05) is 5.73 Å². The van der Waals surface area contributed by atoms with E-state index >= 15 is 0 Å². The van der Waals surface area contributed by atoms with Crippen molar-refractivity contribution in [2.24, 2.45) is 0 Å². The van der Waals surface area contributed by atoms with E-state index in [2.05, 4.69) is 4.98 Å². The van der Waals surface area contributed by atoms with E-state index in [1.54, 1.807) is 0 Å². The Morgan fingerprint density at radius 3 is 2.75 bits per heavy atom. The maximum Gasteiger partial charge on any atom is 0.339 e. The summed E-state index contributed by atoms with van der Waals surface area (Å²) in [7, 11) is 0. The van der Waals surface area contributed by atoms with Crippen LogP contribution >= 0.6 is 0 Å². The van der Waals surface area contributed by atoms with E-state index in [4.69, 9.17) is 15.3 Å². The van der Waals surface area contributed by atoms with E-state index < -0.39 is 5.97 Å². The van der Waals surface area contributed by atoms with Crippen molar-refractivity contribution in [2.45, 2.75) is 0 Å². The first-order chi connectivity index (χ1) is 7.58. The van der Waals surface area contributed by atoms with Crippen molar-refractivity contribution in [1.82, 2.24) is 4.98 Å². The number of hydrogen-bond donors (Lipinski definition) is 3. The normalized spacial score (nSPS) is 10.2. The third kappa shape index (κ3) is 1.68. The fraction of sp³-hybridized carbons (Fsp3) is 0. The number of benzene rings is 1. The van der Waals surface area contributed by atoms with Crippen LogP contribution in [0.3, 0.4) is 0 Å². The fourth-order valence-corrected chi connectivity index (χ4v) is 1.29. The second kappa shape index (κ2) is 3.58. The number of oxazole rings is 1. The molecule has 0 bridgehead atoms. The van der Waals surface area contributed by atoms with Crippen LogP contribution in [0.15, 0.2) is 28.9 Å². The van der Waals surface area contributed by atoms with Crippen molar-refractivity contribution in [3.63, 3.8) is 0 Å². The van der Waals surface area contributed by atoms with E-state index in [-0.39, 0.29) is 17.3 Å². The van der Waals surface area contributed by atoms with Gasteiger partial charge in [0.1, 0.15) is 23.3 Å². The van der Waals surface area contributed by atoms with E-state index in [0.717, 1.165) is 0 Å². The minimum atomic E-state index is -1.21. The molecule has 82 valence electrons. The molecule has 6 heteroatoms. The summed E-state index contributed by atoms with van der Waals surface area (Å²) < 4.78 is 4.81. The Kier molecular flexibility index (Phi) is 2.24. The average molecular weight is 220 g/mol. The Hall–Kier alpha value is -2.50. The van der Waals surface area contributed by atoms with Crippen LogP contribution in [0.25, 0.3) is 11.3 Å². The van der Waals surface area contributed by atoms with Crippen molar-refractivity contribution in [1.29, 1.82) is 0 Å². The minimum absolute atomic E-state index is 0.0000463. The predicted molar refractivity (Wildman–Crippen MR) is 55.0 cm³/mol. The van der Waals surface area contributed by atoms with E-state index in [1.807, 2.05) is 0 Å². The van der Waals surface area contributed by atoms with Gasteiger partial charge in [0.05, 0.1) is 0 Å². The monoisotopic (exact) mass is 220 g/mol. The highest BCUT2D eigenvalue weighted by Crippen LogP contribution is 2.25. The van der Waals surface area contributed by atoms with Crippen molar-refractivity contribution in [3.8, 4) is 17.0 Å². The van der Waals surface area contributed by atoms with Crippen molar-refractivity contribution >= 4 is 12.0 Å². The molecule has 2 rings (SSSR count). The number of carbonyl (C=O) groups is 1. The predicted octanol–water partition coefficient (Wildman–Crippen LogP) is 1.33. The molecule has 0 unspecified atom stereocenters. The molecule has 0 saturated carbocycles. The second-order valence-corrected chi connectivity index (χ2v) is 3.11. The molecule has 1 heterocycles. The molecule has 0 fully saturated rings. The fourth-order valence-electron chi connectivity index (χ4n) is 1.29. The molecule has 0 aliphatic heterocycles. The highest BCUT2D eigenvalue weighted by Gasteiger charge is 2.12. The van der Waals surface area contributed by atoms with E-state index in [0.29, 0.717) is 11.3 Å². The lowest BCUT2D eigenvalue weighted by atomic mass is 10.1. The van der Waals surface area contributed by atoms with Crippen molar-refractivity contribution in [3.05, 3.63) is 30.0 Å². The molecule has 4 N–H and O–H groups in total. The second-order valence-electron chi connectivity index (χ2n) is 3.11. The first-order valence-electron chi connectivity index (χ1n) is 4.35. The van der Waals surface area contributed by atoms with Gasteiger partial charge >= 0.3 is 5.97 Å². The molecule has 0 saturated heterocycles. The van der Waals surface area contributed by atoms with Gasteiger partial charge in [-0.15, -0.1) is 0 Å². The Labute approximate surface area is 90.0 Å². The van der Waals surface area contributed by atoms with E-state index in [9.17, 15) is 9.90 Å². The first kappa shape index (κ1) is 10.0. The Morgan fingerprint density at radius 2 is 2.19 bits per heavy atom. The van der Waals surface area contributed by atoms with Gasteiger partial charge in [0.15, 0.2) is 0 Å². The zero-order valence-electron chi connectivity index (χ0n) is 8.04. The topological polar surface area (TPSA) is 110 Å². The number of anilines is 1. The van der Waals surface area contributed by atoms with Gasteiger partial charge in [0.25, 0.3) is 6.01 Å². The van der Waals surface area contributed by atoms with Gasteiger partial charge in [0.2, 0.25) is 0 Å². The van der Waals surface area contributed by atoms with Crippen LogP contribution in [-0.2, 0) is 0 Å². The summed E-state index contributed by atoms with van der Waals surface area (Å²) in [4.78, 5) is 14.6. The van der Waals surface area contributed by atoms with Crippen molar-refractivity contribution < 1.29 is 19.4 Å². The standard InChI is InChI=1S/C10H8N2O4/c11-10-12-7(4-16-10)5-1-2-8(13)6(3-5)9(14)15/h1-4,13H,(H2,11,12)(H,14,15). The lowest BCUT2D eigenvalue weighted by Gasteiger charge is -2.01. The number of carboxylic acids is 1. The summed E-state index contributed by atoms with van der Waals surface area (Å²) in [6, 6.07) is 4.11. The van der Waals surface area contributed by atoms with Gasteiger partial charge in [-0.1, -0.05) is 0 Å². The first-order valence-corrected chi connectivity index (χ1v) is 4.35. The molecule has 1 aromatic carbocycles. The Morgan fingerprint density at radius 1 is 1.44 bits per heavy atom. The zero-order valence-corrected chi connectivity index (χ0v) is 8.04. The number of aromatic nitrogens is 1. The molecule has 2 aromatic rings. The molecule has 0 aliphatic carbocycles. The molecule has 1 aromatic heterocycles. The molecule has 0 atom stereocenters. The number of rotatable bonds is 2. The van der Waals surface area contributed by atoms with Crippen LogP contribution in [0.1, 0.15) is 10.4 Å². The minimum Gasteiger partial charge on any atom is -0.507 e. The summed E-state index contributed by atoms with van der Waals surface area (Å²) in [5, 5.41) is 18.1. The molecule has 0 radical (unpaired) electrons. The third-order valence-corrected chi connectivity index (χ3v) is 2.04. The highest BCUT2D eigenvalue weighted by molar-refractivity contribution is 5.92. The number of phenols is 1. The molecule has 0 aliphatic rings. The van der Waals surface area contributed by atoms with Crippen LogP contribution in [0.4, 0.5) is 6.01 Å². The van der Waals surface area contributed by atoms with Gasteiger partial charge in [0, 0.05) is 5.56 Å². The van der Waals surface area contributed by atoms with Crippen LogP contribution < -0.4 is 5.73 Å². The smallest absolute Gasteiger partial charge is 0.339 e. The summed E-state index contributed by atoms with van der Waals surface area (Å²) in [6.45, 7) is 0. The van der Waals surface area contributed by atoms with Gasteiger partial charge in [-0.25, -0.2) is 4.79 Å². The molecular formula is C10H8N2O4. The Balaban J connectivity index is 2.51. The summed E-state index contributed by atoms with van der Waals surface area (Å²) in [5.41, 5.74) is 6.03. The number of carboxylic acid groups (broad SMARTS) is 1. The summed E-state index contributed by atoms with van der Waals surface area (Å²) in [5.74, 6) is -1.51. The van der Waals surface area contributed by atoms with Crippen LogP contribution in [-0.4, -0.2) is 21.2 Å². The summed E-state index contributed by atoms with van der Waals surface area (Å²) >= 11 is 0. The molecule has 0 amide bonds. The van der Waals surface area contributed by atoms with Gasteiger partial charge in [-0.3, -0.25) is 0 Å². The number of nitrogens with zero attached hydrogens (tertiary/aromatic N) is 1. The van der Waals surface area contributed by atoms with Gasteiger partial charge in [-0.05, 0) is 18.2 Å². The lowest BCUT2D eigenvalue weighted by molar-refractivity contribution is 0.0694. The van der Waals surface area contributed by atoms with E-state index in [1.165, 1.54) is 24.5 Å². The lowest BCUT2D eigenvalue weighted by Crippen LogP contribution is -1.97. The molecule has 0 spiro atoms. The van der Waals surface area contributed by atoms with Crippen LogP contribution in [0, 0.1) is 0 Å². The third-order valence-electron chi connectivity index (χ3n) is 2.04. The van der Waals surface area contributed by atoms with Gasteiger partial charge in [-0.2, -0.15) is 4.98 Å². The number of aromatic hydroxyl groups is 1. The molecular weight excluding hydrogens is 212 g/mol. The van der Waals surface area contributed by atoms with Crippen LogP contribution in [0.2, 0.25) is 0 Å². The number of hydrogen-bond acceptors (Lipinski definition) is 5. The number of nitrogen functional groups attached to an aromatic ring is 1. The number of nitrogens with two attached hydrogens (primary N) is 1. The molecule has 16 heavy (non-hydrogen) atoms. The zero-order chi connectivity index (χ0) is 11.7. The SMILES string of the molecule is Nc1nc(-c2ccc(O)c(C(=O)O)c2)co1. The quantitative estimate of drug-likeness (QED) is 0.704. The molecule has 6 nitrogen and oxygen atoms in total. The average Bonchev–Trinajstić information content (AvgIpc) is 2.65. The van der Waals surface area contributed by atoms with Gasteiger partial charge < -0.3 is 20.4 Å². The maximum absolute atomic E-state index is 10.8. The van der Waals surface area contributed by atoms with Crippen LogP contribution in [0.5, 0.6) is 5.75 Å². The largest absolute Gasteiger partial charge is 0.507 e. The Bertz CT molecular complexity index is 548. The number of aromatic carboxylic acids is 1. The highest BCUT2D eigenvalue weighted by atomic mass is 16.4. The summed E-state index contributed by atoms with van der Waals surface area (Å²) in [6.07, 6.45) is 1.31. The maximum atomic E-state index is 10.8.